The maximum absolute atomic E-state index is 5.92. The predicted octanol–water partition coefficient (Wildman–Crippen LogP) is 4.78. The summed E-state index contributed by atoms with van der Waals surface area (Å²) in [6.07, 6.45) is 10.7. The topological polar surface area (TPSA) is 25.4 Å². The van der Waals surface area contributed by atoms with Crippen LogP contribution >= 0.6 is 0 Å². The zero-order valence-corrected chi connectivity index (χ0v) is 14.9. The Morgan fingerprint density at radius 1 is 1.00 bits per heavy atom. The largest absolute Gasteiger partial charge is 0.494 e. The molecule has 25 heavy (non-hydrogen) atoms. The Kier molecular flexibility index (Phi) is 5.31. The minimum absolute atomic E-state index is 0.624. The number of pyridine rings is 1. The Bertz CT molecular complexity index is 655. The molecule has 4 rings (SSSR count). The molecule has 0 aliphatic carbocycles. The van der Waals surface area contributed by atoms with Crippen molar-refractivity contribution >= 4 is 0 Å². The van der Waals surface area contributed by atoms with Gasteiger partial charge in [-0.1, -0.05) is 18.2 Å². The van der Waals surface area contributed by atoms with Crippen LogP contribution in [-0.2, 0) is 6.42 Å². The monoisotopic (exact) mass is 336 g/mol. The van der Waals surface area contributed by atoms with Crippen molar-refractivity contribution in [3.8, 4) is 5.75 Å². The van der Waals surface area contributed by atoms with Crippen LogP contribution in [0.2, 0.25) is 0 Å². The van der Waals surface area contributed by atoms with Gasteiger partial charge in [-0.3, -0.25) is 9.88 Å². The molecule has 0 spiro atoms. The second kappa shape index (κ2) is 8.01. The van der Waals surface area contributed by atoms with E-state index in [0.29, 0.717) is 6.04 Å². The highest BCUT2D eigenvalue weighted by atomic mass is 16.5. The number of rotatable bonds is 6. The predicted molar refractivity (Wildman–Crippen MR) is 101 cm³/mol. The van der Waals surface area contributed by atoms with Gasteiger partial charge in [-0.2, -0.15) is 0 Å². The summed E-state index contributed by atoms with van der Waals surface area (Å²) < 4.78 is 5.92. The summed E-state index contributed by atoms with van der Waals surface area (Å²) in [7, 11) is 0. The van der Waals surface area contributed by atoms with Crippen LogP contribution < -0.4 is 4.74 Å². The third kappa shape index (κ3) is 4.04. The standard InChI is InChI=1S/C22H28N2O/c1-2-15-23-19(6-1)7-5-17-25-21-13-11-18(12-14-21)22-10-3-8-20-9-4-16-24(20)22/h1-2,6,11-15,20,22H,3-5,7-10,16-17H2. The van der Waals surface area contributed by atoms with E-state index >= 15 is 0 Å². The summed E-state index contributed by atoms with van der Waals surface area (Å²) in [5.41, 5.74) is 2.60. The molecular weight excluding hydrogens is 308 g/mol. The molecule has 132 valence electrons. The SMILES string of the molecule is c1ccc(CCCOc2ccc(C3CCCC4CCCN43)cc2)nc1. The molecule has 0 saturated carbocycles. The van der Waals surface area contributed by atoms with Crippen molar-refractivity contribution < 1.29 is 4.74 Å². The quantitative estimate of drug-likeness (QED) is 0.710. The van der Waals surface area contributed by atoms with Crippen LogP contribution in [0.15, 0.2) is 48.7 Å². The van der Waals surface area contributed by atoms with Crippen molar-refractivity contribution in [2.24, 2.45) is 0 Å². The van der Waals surface area contributed by atoms with Crippen LogP contribution in [0.25, 0.3) is 0 Å². The molecule has 2 aliphatic heterocycles. The summed E-state index contributed by atoms with van der Waals surface area (Å²) in [6.45, 7) is 2.02. The average molecular weight is 336 g/mol. The highest BCUT2D eigenvalue weighted by Crippen LogP contribution is 2.39. The van der Waals surface area contributed by atoms with Crippen LogP contribution in [0, 0.1) is 0 Å². The fourth-order valence-electron chi connectivity index (χ4n) is 4.42. The van der Waals surface area contributed by atoms with Gasteiger partial charge in [-0.05, 0) is 81.3 Å². The molecule has 2 atom stereocenters. The van der Waals surface area contributed by atoms with Gasteiger partial charge in [0, 0.05) is 24.0 Å². The molecule has 2 fully saturated rings. The number of hydrogen-bond acceptors (Lipinski definition) is 3. The van der Waals surface area contributed by atoms with Gasteiger partial charge in [0.25, 0.3) is 0 Å². The molecule has 3 heterocycles. The second-order valence-corrected chi connectivity index (χ2v) is 7.32. The molecule has 0 amide bonds. The molecule has 2 saturated heterocycles. The molecule has 0 bridgehead atoms. The zero-order valence-electron chi connectivity index (χ0n) is 14.9. The molecule has 2 aliphatic rings. The van der Waals surface area contributed by atoms with Crippen LogP contribution in [0.4, 0.5) is 0 Å². The third-order valence-corrected chi connectivity index (χ3v) is 5.67. The fourth-order valence-corrected chi connectivity index (χ4v) is 4.42. The number of piperidine rings is 1. The first-order valence-corrected chi connectivity index (χ1v) is 9.78. The number of fused-ring (bicyclic) bond motifs is 1. The summed E-state index contributed by atoms with van der Waals surface area (Å²) in [5.74, 6) is 0.985. The molecule has 2 aromatic rings. The zero-order chi connectivity index (χ0) is 16.9. The number of ether oxygens (including phenoxy) is 1. The van der Waals surface area contributed by atoms with E-state index in [1.54, 1.807) is 0 Å². The van der Waals surface area contributed by atoms with E-state index in [9.17, 15) is 0 Å². The van der Waals surface area contributed by atoms with Gasteiger partial charge < -0.3 is 4.74 Å². The van der Waals surface area contributed by atoms with Gasteiger partial charge in [-0.25, -0.2) is 0 Å². The highest BCUT2D eigenvalue weighted by molar-refractivity contribution is 5.29. The van der Waals surface area contributed by atoms with E-state index in [2.05, 4.69) is 40.2 Å². The molecule has 3 heteroatoms. The molecule has 0 radical (unpaired) electrons. The van der Waals surface area contributed by atoms with E-state index in [1.165, 1.54) is 44.2 Å². The number of benzene rings is 1. The summed E-state index contributed by atoms with van der Waals surface area (Å²) in [6, 6.07) is 16.4. The van der Waals surface area contributed by atoms with Crippen LogP contribution in [0.1, 0.15) is 55.8 Å². The Labute approximate surface area is 151 Å². The lowest BCUT2D eigenvalue weighted by Gasteiger charge is -2.38. The van der Waals surface area contributed by atoms with Crippen LogP contribution in [0.3, 0.4) is 0 Å². The van der Waals surface area contributed by atoms with Crippen molar-refractivity contribution in [1.82, 2.24) is 9.88 Å². The Hall–Kier alpha value is -1.87. The minimum atomic E-state index is 0.624. The molecular formula is C22H28N2O. The maximum atomic E-state index is 5.92. The molecule has 3 nitrogen and oxygen atoms in total. The first kappa shape index (κ1) is 16.6. The first-order chi connectivity index (χ1) is 12.4. The number of aromatic nitrogens is 1. The molecule has 0 N–H and O–H groups in total. The lowest BCUT2D eigenvalue weighted by molar-refractivity contribution is 0.123. The number of nitrogens with zero attached hydrogens (tertiary/aromatic N) is 2. The molecule has 1 aromatic heterocycles. The van der Waals surface area contributed by atoms with Crippen LogP contribution in [-0.4, -0.2) is 29.1 Å². The van der Waals surface area contributed by atoms with Crippen molar-refractivity contribution in [2.75, 3.05) is 13.2 Å². The van der Waals surface area contributed by atoms with E-state index < -0.39 is 0 Å². The summed E-state index contributed by atoms with van der Waals surface area (Å²) in [4.78, 5) is 7.10. The maximum Gasteiger partial charge on any atom is 0.119 e. The number of aryl methyl sites for hydroxylation is 1. The Morgan fingerprint density at radius 2 is 1.88 bits per heavy atom. The summed E-state index contributed by atoms with van der Waals surface area (Å²) >= 11 is 0. The Balaban J connectivity index is 1.28. The van der Waals surface area contributed by atoms with E-state index in [1.807, 2.05) is 18.3 Å². The fraction of sp³-hybridized carbons (Fsp3) is 0.500. The minimum Gasteiger partial charge on any atom is -0.494 e. The van der Waals surface area contributed by atoms with Gasteiger partial charge in [0.15, 0.2) is 0 Å². The van der Waals surface area contributed by atoms with E-state index in [4.69, 9.17) is 4.74 Å². The third-order valence-electron chi connectivity index (χ3n) is 5.67. The van der Waals surface area contributed by atoms with Gasteiger partial charge in [0.2, 0.25) is 0 Å². The Morgan fingerprint density at radius 3 is 2.72 bits per heavy atom. The first-order valence-electron chi connectivity index (χ1n) is 9.78. The molecule has 1 aromatic carbocycles. The lowest BCUT2D eigenvalue weighted by Crippen LogP contribution is -2.37. The van der Waals surface area contributed by atoms with Gasteiger partial charge in [-0.15, -0.1) is 0 Å². The van der Waals surface area contributed by atoms with E-state index in [0.717, 1.165) is 36.9 Å². The van der Waals surface area contributed by atoms with Crippen molar-refractivity contribution in [3.05, 3.63) is 59.9 Å². The normalized spacial score (nSPS) is 23.4. The second-order valence-electron chi connectivity index (χ2n) is 7.32. The summed E-state index contributed by atoms with van der Waals surface area (Å²) in [5, 5.41) is 0. The van der Waals surface area contributed by atoms with Crippen LogP contribution in [0.5, 0.6) is 5.75 Å². The van der Waals surface area contributed by atoms with E-state index in [-0.39, 0.29) is 0 Å². The highest BCUT2D eigenvalue weighted by Gasteiger charge is 2.34. The van der Waals surface area contributed by atoms with Gasteiger partial charge in [0.1, 0.15) is 5.75 Å². The smallest absolute Gasteiger partial charge is 0.119 e. The number of hydrogen-bond donors (Lipinski definition) is 0. The van der Waals surface area contributed by atoms with Crippen molar-refractivity contribution in [1.29, 1.82) is 0 Å². The van der Waals surface area contributed by atoms with Crippen molar-refractivity contribution in [3.63, 3.8) is 0 Å². The van der Waals surface area contributed by atoms with Gasteiger partial charge >= 0.3 is 0 Å². The van der Waals surface area contributed by atoms with Gasteiger partial charge in [0.05, 0.1) is 6.61 Å². The molecule has 2 unspecified atom stereocenters. The average Bonchev–Trinajstić information content (AvgIpc) is 3.15. The lowest BCUT2D eigenvalue weighted by atomic mass is 9.92. The van der Waals surface area contributed by atoms with Crippen molar-refractivity contribution in [2.45, 2.75) is 57.0 Å².